The Labute approximate surface area is 245 Å². The number of alkyl carbamates (subject to hydrolysis) is 1. The highest BCUT2D eigenvalue weighted by Crippen LogP contribution is 2.27. The normalized spacial score (nSPS) is 18.9. The minimum absolute atomic E-state index is 0.0173. The number of amides is 3. The number of amidine groups is 1. The van der Waals surface area contributed by atoms with Gasteiger partial charge in [0.25, 0.3) is 0 Å². The maximum atomic E-state index is 13.1. The second-order valence-corrected chi connectivity index (χ2v) is 10.6. The summed E-state index contributed by atoms with van der Waals surface area (Å²) >= 11 is 0. The van der Waals surface area contributed by atoms with E-state index in [1.807, 2.05) is 0 Å². The van der Waals surface area contributed by atoms with Crippen LogP contribution in [0.3, 0.4) is 0 Å². The van der Waals surface area contributed by atoms with Crippen LogP contribution in [-0.4, -0.2) is 95.8 Å². The van der Waals surface area contributed by atoms with Crippen molar-refractivity contribution in [1.29, 1.82) is 5.41 Å². The lowest BCUT2D eigenvalue weighted by Gasteiger charge is -2.38. The summed E-state index contributed by atoms with van der Waals surface area (Å²) in [7, 11) is 0. The minimum Gasteiger partial charge on any atom is -0.465 e. The molecule has 2 saturated heterocycles. The standard InChI is InChI=1S/C29H40N4O9/c1-4-40-28(37)31-25(30)21-9-7-20(8-10-21)24(35)16-18(2)26(36)32-14-11-23(12-15-32)42-27(41-19(3)34)22-6-5-13-33(17-22)29(38)39/h7-10,18,22-23,27H,4-6,11-17H2,1-3H3,(H,38,39)(H2,30,31,37)/t18-,22+,27?/m1/s1. The van der Waals surface area contributed by atoms with Gasteiger partial charge in [-0.3, -0.25) is 25.1 Å². The number of hydrogen-bond donors (Lipinski definition) is 3. The Kier molecular flexibility index (Phi) is 11.8. The largest absolute Gasteiger partial charge is 0.465 e. The van der Waals surface area contributed by atoms with Gasteiger partial charge in [0.15, 0.2) is 5.78 Å². The number of carboxylic acid groups (broad SMARTS) is 1. The van der Waals surface area contributed by atoms with Gasteiger partial charge in [-0.15, -0.1) is 0 Å². The average molecular weight is 589 g/mol. The van der Waals surface area contributed by atoms with Crippen LogP contribution in [0.1, 0.15) is 68.8 Å². The number of ether oxygens (including phenoxy) is 3. The van der Waals surface area contributed by atoms with Crippen molar-refractivity contribution in [2.45, 2.75) is 65.3 Å². The van der Waals surface area contributed by atoms with Crippen LogP contribution in [0.5, 0.6) is 0 Å². The number of rotatable bonds is 10. The summed E-state index contributed by atoms with van der Waals surface area (Å²) < 4.78 is 16.3. The fraction of sp³-hybridized carbons (Fsp3) is 0.586. The Bertz CT molecular complexity index is 1150. The van der Waals surface area contributed by atoms with E-state index in [4.69, 9.17) is 19.6 Å². The first-order valence-corrected chi connectivity index (χ1v) is 14.2. The third-order valence-corrected chi connectivity index (χ3v) is 7.39. The van der Waals surface area contributed by atoms with Gasteiger partial charge in [0.2, 0.25) is 12.2 Å². The molecule has 1 aromatic carbocycles. The molecule has 3 N–H and O–H groups in total. The van der Waals surface area contributed by atoms with Gasteiger partial charge in [-0.25, -0.2) is 9.59 Å². The molecule has 2 heterocycles. The zero-order chi connectivity index (χ0) is 30.8. The van der Waals surface area contributed by atoms with Crippen LogP contribution in [0.15, 0.2) is 24.3 Å². The molecule has 3 amide bonds. The molecule has 2 aliphatic rings. The molecule has 0 aromatic heterocycles. The van der Waals surface area contributed by atoms with Crippen molar-refractivity contribution in [3.63, 3.8) is 0 Å². The number of esters is 1. The van der Waals surface area contributed by atoms with E-state index in [9.17, 15) is 29.1 Å². The summed E-state index contributed by atoms with van der Waals surface area (Å²) in [4.78, 5) is 63.6. The molecule has 42 heavy (non-hydrogen) atoms. The average Bonchev–Trinajstić information content (AvgIpc) is 2.96. The summed E-state index contributed by atoms with van der Waals surface area (Å²) in [5.74, 6) is -1.81. The van der Waals surface area contributed by atoms with Crippen LogP contribution in [0, 0.1) is 17.2 Å². The number of Topliss-reactive ketones (excluding diaryl/α,β-unsaturated/α-hetero) is 1. The second-order valence-electron chi connectivity index (χ2n) is 10.6. The summed E-state index contributed by atoms with van der Waals surface area (Å²) in [5.41, 5.74) is 0.808. The molecular weight excluding hydrogens is 548 g/mol. The monoisotopic (exact) mass is 588 g/mol. The van der Waals surface area contributed by atoms with Gasteiger partial charge in [0.1, 0.15) is 5.84 Å². The Morgan fingerprint density at radius 3 is 2.26 bits per heavy atom. The zero-order valence-corrected chi connectivity index (χ0v) is 24.3. The van der Waals surface area contributed by atoms with Crippen molar-refractivity contribution in [2.24, 2.45) is 11.8 Å². The van der Waals surface area contributed by atoms with E-state index >= 15 is 0 Å². The van der Waals surface area contributed by atoms with E-state index in [0.29, 0.717) is 56.4 Å². The van der Waals surface area contributed by atoms with Crippen LogP contribution < -0.4 is 5.32 Å². The van der Waals surface area contributed by atoms with Gasteiger partial charge in [-0.1, -0.05) is 31.2 Å². The number of hydrogen-bond acceptors (Lipinski definition) is 9. The molecule has 0 spiro atoms. The summed E-state index contributed by atoms with van der Waals surface area (Å²) in [6, 6.07) is 6.21. The van der Waals surface area contributed by atoms with Crippen molar-refractivity contribution in [3.8, 4) is 0 Å². The molecule has 0 saturated carbocycles. The number of piperidine rings is 2. The van der Waals surface area contributed by atoms with Crippen molar-refractivity contribution in [2.75, 3.05) is 32.8 Å². The number of carbonyl (C=O) groups excluding carboxylic acids is 4. The van der Waals surface area contributed by atoms with Crippen LogP contribution in [0.2, 0.25) is 0 Å². The van der Waals surface area contributed by atoms with Crippen LogP contribution in [-0.2, 0) is 23.8 Å². The first-order valence-electron chi connectivity index (χ1n) is 14.2. The summed E-state index contributed by atoms with van der Waals surface area (Å²) in [5, 5.41) is 19.6. The summed E-state index contributed by atoms with van der Waals surface area (Å²) in [6.45, 7) is 6.35. The maximum Gasteiger partial charge on any atom is 0.412 e. The van der Waals surface area contributed by atoms with Crippen LogP contribution >= 0.6 is 0 Å². The highest BCUT2D eigenvalue weighted by Gasteiger charge is 2.35. The van der Waals surface area contributed by atoms with E-state index < -0.39 is 30.4 Å². The lowest BCUT2D eigenvalue weighted by atomic mass is 9.96. The Morgan fingerprint density at radius 1 is 1.02 bits per heavy atom. The number of ketones is 1. The molecular formula is C29H40N4O9. The molecule has 3 rings (SSSR count). The number of carbonyl (C=O) groups is 5. The smallest absolute Gasteiger partial charge is 0.412 e. The van der Waals surface area contributed by atoms with Crippen molar-refractivity contribution in [1.82, 2.24) is 15.1 Å². The van der Waals surface area contributed by atoms with Gasteiger partial charge < -0.3 is 29.1 Å². The first kappa shape index (κ1) is 32.5. The molecule has 2 aliphatic heterocycles. The van der Waals surface area contributed by atoms with E-state index in [-0.39, 0.29) is 49.1 Å². The predicted molar refractivity (Wildman–Crippen MR) is 150 cm³/mol. The van der Waals surface area contributed by atoms with Gasteiger partial charge in [-0.05, 0) is 32.6 Å². The van der Waals surface area contributed by atoms with E-state index in [1.165, 1.54) is 11.8 Å². The maximum absolute atomic E-state index is 13.1. The zero-order valence-electron chi connectivity index (χ0n) is 24.3. The van der Waals surface area contributed by atoms with E-state index in [2.05, 4.69) is 5.32 Å². The quantitative estimate of drug-likeness (QED) is 0.122. The predicted octanol–water partition coefficient (Wildman–Crippen LogP) is 3.25. The van der Waals surface area contributed by atoms with Crippen LogP contribution in [0.25, 0.3) is 0 Å². The van der Waals surface area contributed by atoms with E-state index in [0.717, 1.165) is 0 Å². The Hall–Kier alpha value is -4.00. The molecule has 0 bridgehead atoms. The van der Waals surface area contributed by atoms with Crippen LogP contribution in [0.4, 0.5) is 9.59 Å². The second kappa shape index (κ2) is 15.3. The van der Waals surface area contributed by atoms with E-state index in [1.54, 1.807) is 43.0 Å². The van der Waals surface area contributed by atoms with Crippen molar-refractivity contribution < 1.29 is 43.3 Å². The molecule has 1 aromatic rings. The number of benzene rings is 1. The molecule has 230 valence electrons. The van der Waals surface area contributed by atoms with Crippen molar-refractivity contribution >= 4 is 35.7 Å². The number of nitrogens with zero attached hydrogens (tertiary/aromatic N) is 2. The third kappa shape index (κ3) is 9.26. The Balaban J connectivity index is 1.49. The lowest BCUT2D eigenvalue weighted by molar-refractivity contribution is -0.211. The molecule has 13 nitrogen and oxygen atoms in total. The van der Waals surface area contributed by atoms with Crippen molar-refractivity contribution in [3.05, 3.63) is 35.4 Å². The molecule has 13 heteroatoms. The molecule has 0 aliphatic carbocycles. The van der Waals surface area contributed by atoms with Gasteiger partial charge in [0.05, 0.1) is 12.7 Å². The lowest BCUT2D eigenvalue weighted by Crippen LogP contribution is -2.48. The Morgan fingerprint density at radius 2 is 1.67 bits per heavy atom. The fourth-order valence-electron chi connectivity index (χ4n) is 5.17. The molecule has 0 radical (unpaired) electrons. The molecule has 3 atom stereocenters. The SMILES string of the molecule is CCOC(=O)NC(=N)c1ccc(C(=O)C[C@@H](C)C(=O)N2CCC(OC(OC(C)=O)[C@H]3CCCN(C(=O)O)C3)CC2)cc1. The summed E-state index contributed by atoms with van der Waals surface area (Å²) in [6.07, 6.45) is -0.464. The minimum atomic E-state index is -1.01. The highest BCUT2D eigenvalue weighted by molar-refractivity contribution is 6.05. The van der Waals surface area contributed by atoms with Gasteiger partial charge in [0, 0.05) is 62.5 Å². The first-order chi connectivity index (χ1) is 20.0. The molecule has 1 unspecified atom stereocenters. The number of nitrogens with one attached hydrogen (secondary N) is 2. The fourth-order valence-corrected chi connectivity index (χ4v) is 5.17. The third-order valence-electron chi connectivity index (χ3n) is 7.39. The van der Waals surface area contributed by atoms with Gasteiger partial charge in [-0.2, -0.15) is 0 Å². The molecule has 2 fully saturated rings. The topological polar surface area (TPSA) is 176 Å². The highest BCUT2D eigenvalue weighted by atomic mass is 16.7. The number of likely N-dealkylation sites (tertiary alicyclic amines) is 2. The van der Waals surface area contributed by atoms with Gasteiger partial charge >= 0.3 is 18.2 Å².